The van der Waals surface area contributed by atoms with Gasteiger partial charge in [0.2, 0.25) is 5.91 Å². The molecule has 0 aliphatic heterocycles. The Morgan fingerprint density at radius 1 is 1.27 bits per heavy atom. The molecule has 1 amide bonds. The van der Waals surface area contributed by atoms with Crippen LogP contribution in [-0.4, -0.2) is 30.9 Å². The molecule has 2 atom stereocenters. The second-order valence-electron chi connectivity index (χ2n) is 7.26. The molecule has 0 radical (unpaired) electrons. The van der Waals surface area contributed by atoms with E-state index in [-0.39, 0.29) is 5.91 Å². The first-order valence-corrected chi connectivity index (χ1v) is 9.40. The van der Waals surface area contributed by atoms with Gasteiger partial charge >= 0.3 is 0 Å². The molecule has 138 valence electrons. The van der Waals surface area contributed by atoms with E-state index in [1.165, 1.54) is 12.0 Å². The number of rotatable bonds is 9. The van der Waals surface area contributed by atoms with Crippen molar-refractivity contribution in [3.63, 3.8) is 0 Å². The first-order chi connectivity index (χ1) is 12.6. The summed E-state index contributed by atoms with van der Waals surface area (Å²) in [4.78, 5) is 14.2. The minimum absolute atomic E-state index is 0.0755. The van der Waals surface area contributed by atoms with Crippen molar-refractivity contribution < 1.29 is 9.21 Å². The molecular weight excluding hydrogens is 324 g/mol. The fourth-order valence-electron chi connectivity index (χ4n) is 3.13. The predicted octanol–water partition coefficient (Wildman–Crippen LogP) is 4.05. The average molecular weight is 352 g/mol. The maximum absolute atomic E-state index is 11.9. The summed E-state index contributed by atoms with van der Waals surface area (Å²) in [6, 6.07) is 14.4. The van der Waals surface area contributed by atoms with Crippen molar-refractivity contribution in [2.24, 2.45) is 5.92 Å². The van der Waals surface area contributed by atoms with Crippen molar-refractivity contribution in [2.75, 3.05) is 20.1 Å². The number of hydrogen-bond acceptors (Lipinski definition) is 3. The lowest BCUT2D eigenvalue weighted by atomic mass is 10.2. The van der Waals surface area contributed by atoms with Gasteiger partial charge in [-0.2, -0.15) is 0 Å². The van der Waals surface area contributed by atoms with E-state index in [4.69, 9.17) is 4.42 Å². The fourth-order valence-corrected chi connectivity index (χ4v) is 3.13. The maximum Gasteiger partial charge on any atom is 0.244 e. The number of nitrogens with zero attached hydrogens (tertiary/aromatic N) is 1. The molecule has 4 heteroatoms. The number of amides is 1. The molecule has 1 N–H and O–H groups in total. The van der Waals surface area contributed by atoms with Crippen LogP contribution < -0.4 is 5.32 Å². The summed E-state index contributed by atoms with van der Waals surface area (Å²) < 4.78 is 5.77. The van der Waals surface area contributed by atoms with Gasteiger partial charge in [-0.05, 0) is 56.1 Å². The summed E-state index contributed by atoms with van der Waals surface area (Å²) in [5.41, 5.74) is 1.31. The number of carbonyl (C=O) groups is 1. The van der Waals surface area contributed by atoms with Gasteiger partial charge in [0.25, 0.3) is 0 Å². The van der Waals surface area contributed by atoms with Gasteiger partial charge in [0.1, 0.15) is 11.5 Å². The molecule has 2 aromatic rings. The van der Waals surface area contributed by atoms with E-state index in [1.54, 1.807) is 12.2 Å². The molecule has 1 aromatic heterocycles. The van der Waals surface area contributed by atoms with Crippen molar-refractivity contribution >= 4 is 12.0 Å². The lowest BCUT2D eigenvalue weighted by Gasteiger charge is -2.16. The predicted molar refractivity (Wildman–Crippen MR) is 105 cm³/mol. The molecule has 1 heterocycles. The van der Waals surface area contributed by atoms with Crippen LogP contribution in [0, 0.1) is 5.92 Å². The number of hydrogen-bond donors (Lipinski definition) is 1. The molecule has 1 aromatic carbocycles. The van der Waals surface area contributed by atoms with Crippen molar-refractivity contribution in [1.82, 2.24) is 10.2 Å². The molecule has 26 heavy (non-hydrogen) atoms. The van der Waals surface area contributed by atoms with Crippen molar-refractivity contribution in [3.05, 3.63) is 65.6 Å². The van der Waals surface area contributed by atoms with E-state index < -0.39 is 0 Å². The third-order valence-electron chi connectivity index (χ3n) is 4.83. The Balaban J connectivity index is 1.32. The normalized spacial score (nSPS) is 19.2. The van der Waals surface area contributed by atoms with Crippen LogP contribution >= 0.6 is 0 Å². The molecule has 0 bridgehead atoms. The van der Waals surface area contributed by atoms with Gasteiger partial charge < -0.3 is 14.6 Å². The second-order valence-corrected chi connectivity index (χ2v) is 7.26. The SMILES string of the molecule is CC1CC1c1ccc(/C=C/C(=O)NCCCN(C)Cc2ccccc2)o1. The summed E-state index contributed by atoms with van der Waals surface area (Å²) in [6.07, 6.45) is 5.42. The first-order valence-electron chi connectivity index (χ1n) is 9.40. The first kappa shape index (κ1) is 18.5. The number of benzene rings is 1. The van der Waals surface area contributed by atoms with E-state index in [2.05, 4.69) is 48.5 Å². The third kappa shape index (κ3) is 5.60. The van der Waals surface area contributed by atoms with Crippen LogP contribution in [0.3, 0.4) is 0 Å². The zero-order valence-corrected chi connectivity index (χ0v) is 15.7. The largest absolute Gasteiger partial charge is 0.461 e. The van der Waals surface area contributed by atoms with Gasteiger partial charge in [0.15, 0.2) is 0 Å². The monoisotopic (exact) mass is 352 g/mol. The zero-order valence-electron chi connectivity index (χ0n) is 15.7. The highest BCUT2D eigenvalue weighted by Crippen LogP contribution is 2.47. The quantitative estimate of drug-likeness (QED) is 0.547. The zero-order chi connectivity index (χ0) is 18.4. The summed E-state index contributed by atoms with van der Waals surface area (Å²) in [7, 11) is 2.10. The Labute approximate surface area is 155 Å². The van der Waals surface area contributed by atoms with Gasteiger partial charge in [0, 0.05) is 25.1 Å². The standard InChI is InChI=1S/C22H28N2O2/c1-17-15-20(17)21-11-9-19(26-21)10-12-22(25)23-13-6-14-24(2)16-18-7-4-3-5-8-18/h3-5,7-12,17,20H,6,13-16H2,1-2H3,(H,23,25)/b12-10+. The smallest absolute Gasteiger partial charge is 0.244 e. The number of nitrogens with one attached hydrogen (secondary N) is 1. The van der Waals surface area contributed by atoms with E-state index >= 15 is 0 Å². The summed E-state index contributed by atoms with van der Waals surface area (Å²) >= 11 is 0. The molecule has 2 unspecified atom stereocenters. The third-order valence-corrected chi connectivity index (χ3v) is 4.83. The van der Waals surface area contributed by atoms with Gasteiger partial charge in [-0.1, -0.05) is 37.3 Å². The second kappa shape index (κ2) is 8.86. The van der Waals surface area contributed by atoms with Crippen molar-refractivity contribution in [3.8, 4) is 0 Å². The topological polar surface area (TPSA) is 45.5 Å². The lowest BCUT2D eigenvalue weighted by Crippen LogP contribution is -2.26. The van der Waals surface area contributed by atoms with Gasteiger partial charge in [-0.15, -0.1) is 0 Å². The van der Waals surface area contributed by atoms with Crippen molar-refractivity contribution in [1.29, 1.82) is 0 Å². The van der Waals surface area contributed by atoms with E-state index in [0.29, 0.717) is 12.5 Å². The van der Waals surface area contributed by atoms with E-state index in [1.807, 2.05) is 18.2 Å². The van der Waals surface area contributed by atoms with Crippen LogP contribution in [0.5, 0.6) is 0 Å². The Morgan fingerprint density at radius 3 is 2.77 bits per heavy atom. The van der Waals surface area contributed by atoms with Crippen LogP contribution in [0.4, 0.5) is 0 Å². The Hall–Kier alpha value is -2.33. The van der Waals surface area contributed by atoms with Crippen LogP contribution in [0.1, 0.15) is 42.8 Å². The van der Waals surface area contributed by atoms with E-state index in [9.17, 15) is 4.79 Å². The molecule has 3 rings (SSSR count). The molecule has 1 aliphatic rings. The number of furan rings is 1. The van der Waals surface area contributed by atoms with E-state index in [0.717, 1.165) is 36.9 Å². The van der Waals surface area contributed by atoms with Crippen LogP contribution in [0.25, 0.3) is 6.08 Å². The Kier molecular flexibility index (Phi) is 6.29. The highest BCUT2D eigenvalue weighted by molar-refractivity contribution is 5.91. The van der Waals surface area contributed by atoms with Crippen LogP contribution in [-0.2, 0) is 11.3 Å². The number of carbonyl (C=O) groups excluding carboxylic acids is 1. The molecule has 4 nitrogen and oxygen atoms in total. The van der Waals surface area contributed by atoms with Gasteiger partial charge in [-0.3, -0.25) is 4.79 Å². The van der Waals surface area contributed by atoms with Crippen LogP contribution in [0.15, 0.2) is 53.0 Å². The Morgan fingerprint density at radius 2 is 2.04 bits per heavy atom. The fraction of sp³-hybridized carbons (Fsp3) is 0.409. The minimum Gasteiger partial charge on any atom is -0.461 e. The van der Waals surface area contributed by atoms with Gasteiger partial charge in [-0.25, -0.2) is 0 Å². The maximum atomic E-state index is 11.9. The van der Waals surface area contributed by atoms with Crippen molar-refractivity contribution in [2.45, 2.75) is 32.2 Å². The molecule has 1 aliphatic carbocycles. The summed E-state index contributed by atoms with van der Waals surface area (Å²) in [6.45, 7) is 4.77. The lowest BCUT2D eigenvalue weighted by molar-refractivity contribution is -0.116. The molecule has 0 spiro atoms. The molecule has 0 saturated heterocycles. The van der Waals surface area contributed by atoms with Gasteiger partial charge in [0.05, 0.1) is 0 Å². The summed E-state index contributed by atoms with van der Waals surface area (Å²) in [5.74, 6) is 3.00. The average Bonchev–Trinajstić information content (AvgIpc) is 3.18. The minimum atomic E-state index is -0.0755. The summed E-state index contributed by atoms with van der Waals surface area (Å²) in [5, 5.41) is 2.93. The molecular formula is C22H28N2O2. The highest BCUT2D eigenvalue weighted by atomic mass is 16.3. The molecule has 1 saturated carbocycles. The Bertz CT molecular complexity index is 736. The highest BCUT2D eigenvalue weighted by Gasteiger charge is 2.36. The molecule has 1 fully saturated rings. The van der Waals surface area contributed by atoms with Crippen LogP contribution in [0.2, 0.25) is 0 Å².